The zero-order valence-corrected chi connectivity index (χ0v) is 11.1. The van der Waals surface area contributed by atoms with Crippen LogP contribution in [0.4, 0.5) is 0 Å². The second-order valence-electron chi connectivity index (χ2n) is 4.62. The Balaban J connectivity index is 2.70. The lowest BCUT2D eigenvalue weighted by atomic mass is 9.94. The Morgan fingerprint density at radius 3 is 2.59 bits per heavy atom. The lowest BCUT2D eigenvalue weighted by molar-refractivity contribution is 0.140. The molecule has 0 saturated carbocycles. The Labute approximate surface area is 105 Å². The summed E-state index contributed by atoms with van der Waals surface area (Å²) in [5.41, 5.74) is 0.914. The lowest BCUT2D eigenvalue weighted by Gasteiger charge is -2.18. The topological polar surface area (TPSA) is 29.5 Å². The number of aliphatic hydroxyl groups is 1. The van der Waals surface area contributed by atoms with Crippen LogP contribution in [0.3, 0.4) is 0 Å². The van der Waals surface area contributed by atoms with E-state index < -0.39 is 6.10 Å². The molecule has 0 fully saturated rings. The molecule has 1 N–H and O–H groups in total. The Morgan fingerprint density at radius 2 is 1.94 bits per heavy atom. The molecule has 17 heavy (non-hydrogen) atoms. The average Bonchev–Trinajstić information content (AvgIpc) is 2.30. The molecule has 0 aliphatic rings. The first-order chi connectivity index (χ1) is 8.19. The highest BCUT2D eigenvalue weighted by molar-refractivity contribution is 5.35. The molecule has 1 aromatic carbocycles. The van der Waals surface area contributed by atoms with Crippen molar-refractivity contribution in [2.75, 3.05) is 6.61 Å². The summed E-state index contributed by atoms with van der Waals surface area (Å²) in [6.45, 7) is 6.96. The van der Waals surface area contributed by atoms with Crippen molar-refractivity contribution < 1.29 is 9.84 Å². The summed E-state index contributed by atoms with van der Waals surface area (Å²) in [4.78, 5) is 0. The number of ether oxygens (including phenoxy) is 1. The quantitative estimate of drug-likeness (QED) is 0.777. The third-order valence-corrected chi connectivity index (χ3v) is 2.98. The molecule has 2 nitrogen and oxygen atoms in total. The van der Waals surface area contributed by atoms with Gasteiger partial charge in [-0.2, -0.15) is 0 Å². The maximum absolute atomic E-state index is 10.2. The van der Waals surface area contributed by atoms with Crippen molar-refractivity contribution >= 4 is 0 Å². The van der Waals surface area contributed by atoms with Crippen LogP contribution in [0.2, 0.25) is 0 Å². The summed E-state index contributed by atoms with van der Waals surface area (Å²) in [5.74, 6) is 1.36. The van der Waals surface area contributed by atoms with Crippen molar-refractivity contribution in [3.63, 3.8) is 0 Å². The third-order valence-electron chi connectivity index (χ3n) is 2.98. The van der Waals surface area contributed by atoms with Crippen LogP contribution in [0.15, 0.2) is 24.3 Å². The smallest absolute Gasteiger partial charge is 0.125 e. The molecule has 0 amide bonds. The van der Waals surface area contributed by atoms with E-state index in [0.29, 0.717) is 12.5 Å². The second-order valence-corrected chi connectivity index (χ2v) is 4.62. The molecular formula is C15H24O2. The zero-order valence-electron chi connectivity index (χ0n) is 11.1. The molecule has 1 rings (SSSR count). The van der Waals surface area contributed by atoms with Crippen LogP contribution in [0.1, 0.15) is 51.7 Å². The molecule has 2 unspecified atom stereocenters. The minimum atomic E-state index is -0.417. The van der Waals surface area contributed by atoms with Crippen molar-refractivity contribution in [3.05, 3.63) is 29.8 Å². The molecule has 0 spiro atoms. The van der Waals surface area contributed by atoms with Gasteiger partial charge in [0.1, 0.15) is 5.75 Å². The van der Waals surface area contributed by atoms with Crippen molar-refractivity contribution in [2.45, 2.75) is 46.1 Å². The first kappa shape index (κ1) is 14.0. The predicted molar refractivity (Wildman–Crippen MR) is 71.3 cm³/mol. The molecule has 1 aromatic rings. The first-order valence-corrected chi connectivity index (χ1v) is 6.58. The van der Waals surface area contributed by atoms with Crippen LogP contribution >= 0.6 is 0 Å². The SMILES string of the molecule is CCCC(C)CC(O)c1ccccc1OCC. The fraction of sp³-hybridized carbons (Fsp3) is 0.600. The monoisotopic (exact) mass is 236 g/mol. The largest absolute Gasteiger partial charge is 0.493 e. The minimum absolute atomic E-state index is 0.417. The predicted octanol–water partition coefficient (Wildman–Crippen LogP) is 3.95. The molecule has 0 heterocycles. The summed E-state index contributed by atoms with van der Waals surface area (Å²) in [7, 11) is 0. The van der Waals surface area contributed by atoms with Gasteiger partial charge >= 0.3 is 0 Å². The summed E-state index contributed by atoms with van der Waals surface area (Å²) < 4.78 is 5.54. The van der Waals surface area contributed by atoms with Crippen molar-refractivity contribution in [3.8, 4) is 5.75 Å². The summed E-state index contributed by atoms with van der Waals surface area (Å²) in [6, 6.07) is 7.77. The summed E-state index contributed by atoms with van der Waals surface area (Å²) in [6.07, 6.45) is 2.71. The Bertz CT molecular complexity index is 322. The molecule has 2 atom stereocenters. The van der Waals surface area contributed by atoms with Crippen LogP contribution in [-0.4, -0.2) is 11.7 Å². The van der Waals surface area contributed by atoms with Crippen molar-refractivity contribution in [1.82, 2.24) is 0 Å². The standard InChI is InChI=1S/C15H24O2/c1-4-8-12(3)11-14(16)13-9-6-7-10-15(13)17-5-2/h6-7,9-10,12,14,16H,4-5,8,11H2,1-3H3. The van der Waals surface area contributed by atoms with Gasteiger partial charge in [-0.25, -0.2) is 0 Å². The summed E-state index contributed by atoms with van der Waals surface area (Å²) >= 11 is 0. The van der Waals surface area contributed by atoms with Gasteiger partial charge in [-0.1, -0.05) is 44.9 Å². The second kappa shape index (κ2) is 7.33. The Hall–Kier alpha value is -1.02. The average molecular weight is 236 g/mol. The number of hydrogen-bond acceptors (Lipinski definition) is 2. The van der Waals surface area contributed by atoms with E-state index >= 15 is 0 Å². The molecule has 96 valence electrons. The molecule has 2 heteroatoms. The van der Waals surface area contributed by atoms with E-state index in [0.717, 1.165) is 24.2 Å². The number of benzene rings is 1. The van der Waals surface area contributed by atoms with Gasteiger partial charge in [0.25, 0.3) is 0 Å². The number of para-hydroxylation sites is 1. The maximum Gasteiger partial charge on any atom is 0.125 e. The molecule has 0 bridgehead atoms. The van der Waals surface area contributed by atoms with Gasteiger partial charge in [0.15, 0.2) is 0 Å². The maximum atomic E-state index is 10.2. The van der Waals surface area contributed by atoms with E-state index in [1.807, 2.05) is 31.2 Å². The van der Waals surface area contributed by atoms with E-state index in [1.165, 1.54) is 6.42 Å². The molecule has 0 aliphatic heterocycles. The van der Waals surface area contributed by atoms with E-state index in [2.05, 4.69) is 13.8 Å². The number of rotatable bonds is 7. The van der Waals surface area contributed by atoms with E-state index in [9.17, 15) is 5.11 Å². The normalized spacial score (nSPS) is 14.4. The van der Waals surface area contributed by atoms with Gasteiger partial charge in [-0.05, 0) is 25.3 Å². The Kier molecular flexibility index (Phi) is 6.06. The fourth-order valence-corrected chi connectivity index (χ4v) is 2.16. The highest BCUT2D eigenvalue weighted by Crippen LogP contribution is 2.30. The van der Waals surface area contributed by atoms with Crippen LogP contribution in [0, 0.1) is 5.92 Å². The van der Waals surface area contributed by atoms with E-state index in [4.69, 9.17) is 4.74 Å². The zero-order chi connectivity index (χ0) is 12.7. The van der Waals surface area contributed by atoms with Crippen LogP contribution in [0.25, 0.3) is 0 Å². The molecular weight excluding hydrogens is 212 g/mol. The number of aliphatic hydroxyl groups excluding tert-OH is 1. The first-order valence-electron chi connectivity index (χ1n) is 6.58. The third kappa shape index (κ3) is 4.39. The van der Waals surface area contributed by atoms with Gasteiger partial charge in [0.2, 0.25) is 0 Å². The van der Waals surface area contributed by atoms with Gasteiger partial charge in [0, 0.05) is 5.56 Å². The molecule has 0 radical (unpaired) electrons. The van der Waals surface area contributed by atoms with Gasteiger partial charge < -0.3 is 9.84 Å². The number of hydrogen-bond donors (Lipinski definition) is 1. The van der Waals surface area contributed by atoms with Crippen LogP contribution in [0.5, 0.6) is 5.75 Å². The van der Waals surface area contributed by atoms with Crippen LogP contribution in [-0.2, 0) is 0 Å². The van der Waals surface area contributed by atoms with Crippen molar-refractivity contribution in [2.24, 2.45) is 5.92 Å². The van der Waals surface area contributed by atoms with Crippen LogP contribution < -0.4 is 4.74 Å². The van der Waals surface area contributed by atoms with Gasteiger partial charge in [-0.15, -0.1) is 0 Å². The van der Waals surface area contributed by atoms with E-state index in [-0.39, 0.29) is 0 Å². The van der Waals surface area contributed by atoms with Crippen molar-refractivity contribution in [1.29, 1.82) is 0 Å². The molecule has 0 saturated heterocycles. The highest BCUT2D eigenvalue weighted by Gasteiger charge is 2.15. The van der Waals surface area contributed by atoms with Gasteiger partial charge in [0.05, 0.1) is 12.7 Å². The molecule has 0 aliphatic carbocycles. The highest BCUT2D eigenvalue weighted by atomic mass is 16.5. The Morgan fingerprint density at radius 1 is 1.24 bits per heavy atom. The molecule has 0 aromatic heterocycles. The minimum Gasteiger partial charge on any atom is -0.493 e. The summed E-state index contributed by atoms with van der Waals surface area (Å²) in [5, 5.41) is 10.2. The fourth-order valence-electron chi connectivity index (χ4n) is 2.16. The van der Waals surface area contributed by atoms with Gasteiger partial charge in [-0.3, -0.25) is 0 Å². The van der Waals surface area contributed by atoms with E-state index in [1.54, 1.807) is 0 Å². The lowest BCUT2D eigenvalue weighted by Crippen LogP contribution is -2.06.